The molecule has 0 bridgehead atoms. The lowest BCUT2D eigenvalue weighted by atomic mass is 9.99. The van der Waals surface area contributed by atoms with Crippen molar-refractivity contribution < 1.29 is 13.2 Å². The van der Waals surface area contributed by atoms with Gasteiger partial charge >= 0.3 is 6.18 Å². The van der Waals surface area contributed by atoms with E-state index in [1.54, 1.807) is 45.9 Å². The first-order valence-electron chi connectivity index (χ1n) is 23.7. The molecule has 18 heteroatoms. The zero-order valence-corrected chi connectivity index (χ0v) is 41.2. The molecule has 74 heavy (non-hydrogen) atoms. The van der Waals surface area contributed by atoms with Crippen LogP contribution in [0.15, 0.2) is 109 Å². The first-order chi connectivity index (χ1) is 35.5. The van der Waals surface area contributed by atoms with E-state index in [2.05, 4.69) is 59.8 Å². The Labute approximate surface area is 420 Å². The molecule has 0 saturated carbocycles. The third-order valence-electron chi connectivity index (χ3n) is 12.9. The molecule has 0 aliphatic heterocycles. The average Bonchev–Trinajstić information content (AvgIpc) is 3.86. The molecule has 0 amide bonds. The van der Waals surface area contributed by atoms with Gasteiger partial charge in [-0.2, -0.15) is 13.2 Å². The Morgan fingerprint density at radius 2 is 0.662 bits per heavy atom. The van der Waals surface area contributed by atoms with Crippen LogP contribution in [0.4, 0.5) is 13.2 Å². The molecular weight excluding hydrogens is 940 g/mol. The fourth-order valence-electron chi connectivity index (χ4n) is 10.1. The number of aryl methyl sites for hydroxylation is 8. The predicted octanol–water partition coefficient (Wildman–Crippen LogP) is 11.8. The Balaban J connectivity index is 1.14. The number of rotatable bonds is 7. The molecule has 0 unspecified atom stereocenters. The quantitative estimate of drug-likeness (QED) is 0.147. The second kappa shape index (κ2) is 17.2. The molecule has 0 aliphatic carbocycles. The van der Waals surface area contributed by atoms with Crippen molar-refractivity contribution in [2.24, 2.45) is 0 Å². The normalized spacial score (nSPS) is 12.0. The number of aromatic nitrogens is 15. The zero-order valence-electron chi connectivity index (χ0n) is 41.2. The van der Waals surface area contributed by atoms with Crippen molar-refractivity contribution in [2.45, 2.75) is 61.6 Å². The molecule has 7 aromatic heterocycles. The monoisotopic (exact) mass is 981 g/mol. The van der Waals surface area contributed by atoms with Gasteiger partial charge in [0.05, 0.1) is 44.7 Å². The standard InChI is InChI=1S/C56H42F3N15/c1-27-61-28(2)66-52(65-27)35-14-18-44-39(23-35)40-24-36(53-67-29(3)62-30(4)68-53)15-19-45(40)73(44)48-12-9-11-43(56(57,58)59)50(48)51-49(13-10-22-60-51)74-46-20-16-37(54-69-31(5)63-32(6)70-54)25-41(46)42-26-38(17-21-47(42)74)55-71-33(7)64-34(8)72-55/h9-26H,1-8H3. The maximum atomic E-state index is 16.0. The van der Waals surface area contributed by atoms with Gasteiger partial charge < -0.3 is 9.13 Å². The topological polar surface area (TPSA) is 177 Å². The van der Waals surface area contributed by atoms with Crippen molar-refractivity contribution in [3.05, 3.63) is 161 Å². The van der Waals surface area contributed by atoms with Crippen LogP contribution >= 0.6 is 0 Å². The molecule has 0 fully saturated rings. The smallest absolute Gasteiger partial charge is 0.309 e. The van der Waals surface area contributed by atoms with E-state index in [1.807, 2.05) is 110 Å². The third-order valence-corrected chi connectivity index (χ3v) is 12.9. The minimum Gasteiger partial charge on any atom is -0.309 e. The summed E-state index contributed by atoms with van der Waals surface area (Å²) in [6.07, 6.45) is -3.28. The van der Waals surface area contributed by atoms with E-state index in [0.717, 1.165) is 38.7 Å². The lowest BCUT2D eigenvalue weighted by Crippen LogP contribution is -2.12. The second-order valence-corrected chi connectivity index (χ2v) is 18.2. The van der Waals surface area contributed by atoms with E-state index >= 15 is 13.2 Å². The van der Waals surface area contributed by atoms with Crippen LogP contribution in [-0.4, -0.2) is 73.9 Å². The summed E-state index contributed by atoms with van der Waals surface area (Å²) in [5.74, 6) is 6.44. The SMILES string of the molecule is Cc1nc(C)nc(-c2ccc3c(c2)c2cc(-c4nc(C)nc(C)n4)ccc2n3-c2cccnc2-c2c(-n3c4ccc(-c5nc(C)nc(C)n5)cc4c4cc(-c5nc(C)nc(C)n5)ccc43)cccc2C(F)(F)F)n1. The molecule has 0 radical (unpaired) electrons. The number of pyridine rings is 1. The highest BCUT2D eigenvalue weighted by Crippen LogP contribution is 2.46. The number of alkyl halides is 3. The van der Waals surface area contributed by atoms with E-state index in [4.69, 9.17) is 4.98 Å². The second-order valence-electron chi connectivity index (χ2n) is 18.2. The molecule has 5 aromatic carbocycles. The Bertz CT molecular complexity index is 4010. The Hall–Kier alpha value is -9.32. The van der Waals surface area contributed by atoms with E-state index in [-0.39, 0.29) is 16.9 Å². The molecule has 7 heterocycles. The van der Waals surface area contributed by atoms with Gasteiger partial charge in [-0.3, -0.25) is 4.98 Å². The first-order valence-corrected chi connectivity index (χ1v) is 23.7. The lowest BCUT2D eigenvalue weighted by molar-refractivity contribution is -0.137. The third kappa shape index (κ3) is 7.91. The largest absolute Gasteiger partial charge is 0.417 e. The zero-order chi connectivity index (χ0) is 51.3. The Kier molecular flexibility index (Phi) is 10.6. The maximum absolute atomic E-state index is 16.0. The van der Waals surface area contributed by atoms with Crippen molar-refractivity contribution in [1.29, 1.82) is 0 Å². The van der Waals surface area contributed by atoms with Gasteiger partial charge in [-0.25, -0.2) is 59.8 Å². The van der Waals surface area contributed by atoms with Gasteiger partial charge in [-0.1, -0.05) is 6.07 Å². The molecule has 0 saturated heterocycles. The molecule has 15 nitrogen and oxygen atoms in total. The summed E-state index contributed by atoms with van der Waals surface area (Å²) in [4.78, 5) is 59.7. The van der Waals surface area contributed by atoms with Crippen LogP contribution < -0.4 is 0 Å². The highest BCUT2D eigenvalue weighted by atomic mass is 19.4. The van der Waals surface area contributed by atoms with Gasteiger partial charge in [-0.15, -0.1) is 0 Å². The lowest BCUT2D eigenvalue weighted by Gasteiger charge is -2.21. The summed E-state index contributed by atoms with van der Waals surface area (Å²) in [6.45, 7) is 14.5. The minimum absolute atomic E-state index is 0.102. The number of hydrogen-bond donors (Lipinski definition) is 0. The summed E-state index contributed by atoms with van der Waals surface area (Å²) < 4.78 is 51.8. The number of benzene rings is 5. The fourth-order valence-corrected chi connectivity index (χ4v) is 10.1. The van der Waals surface area contributed by atoms with Crippen molar-refractivity contribution in [1.82, 2.24) is 73.9 Å². The van der Waals surface area contributed by atoms with Crippen molar-refractivity contribution in [3.8, 4) is 68.2 Å². The summed E-state index contributed by atoms with van der Waals surface area (Å²) in [5, 5.41) is 3.06. The number of halogens is 3. The summed E-state index contributed by atoms with van der Waals surface area (Å²) >= 11 is 0. The first kappa shape index (κ1) is 45.8. The molecule has 0 atom stereocenters. The van der Waals surface area contributed by atoms with Gasteiger partial charge in [0.25, 0.3) is 0 Å². The highest BCUT2D eigenvalue weighted by Gasteiger charge is 2.37. The van der Waals surface area contributed by atoms with Gasteiger partial charge in [0.15, 0.2) is 23.3 Å². The van der Waals surface area contributed by atoms with E-state index in [9.17, 15) is 0 Å². The van der Waals surface area contributed by atoms with Crippen molar-refractivity contribution >= 4 is 43.6 Å². The average molecular weight is 982 g/mol. The summed E-state index contributed by atoms with van der Waals surface area (Å²) in [7, 11) is 0. The molecule has 12 aromatic rings. The van der Waals surface area contributed by atoms with Crippen LogP contribution in [0.1, 0.15) is 52.2 Å². The predicted molar refractivity (Wildman–Crippen MR) is 277 cm³/mol. The summed E-state index contributed by atoms with van der Waals surface area (Å²) in [5.41, 5.74) is 5.34. The van der Waals surface area contributed by atoms with Crippen LogP contribution in [-0.2, 0) is 6.18 Å². The van der Waals surface area contributed by atoms with Gasteiger partial charge in [0.2, 0.25) is 0 Å². The highest BCUT2D eigenvalue weighted by molar-refractivity contribution is 6.13. The van der Waals surface area contributed by atoms with E-state index in [1.165, 1.54) is 12.3 Å². The molecule has 12 rings (SSSR count). The van der Waals surface area contributed by atoms with E-state index < -0.39 is 11.7 Å². The summed E-state index contributed by atoms with van der Waals surface area (Å²) in [6, 6.07) is 31.0. The number of nitrogens with zero attached hydrogens (tertiary/aromatic N) is 15. The van der Waals surface area contributed by atoms with Crippen LogP contribution in [0.3, 0.4) is 0 Å². The maximum Gasteiger partial charge on any atom is 0.417 e. The Morgan fingerprint density at radius 3 is 0.986 bits per heavy atom. The van der Waals surface area contributed by atoms with Gasteiger partial charge in [0, 0.05) is 55.6 Å². The van der Waals surface area contributed by atoms with Crippen LogP contribution in [0.25, 0.3) is 112 Å². The molecule has 362 valence electrons. The van der Waals surface area contributed by atoms with Gasteiger partial charge in [-0.05, 0) is 152 Å². The van der Waals surface area contributed by atoms with Crippen LogP contribution in [0.2, 0.25) is 0 Å². The molecule has 0 spiro atoms. The number of hydrogen-bond acceptors (Lipinski definition) is 13. The van der Waals surface area contributed by atoms with Crippen LogP contribution in [0.5, 0.6) is 0 Å². The van der Waals surface area contributed by atoms with E-state index in [0.29, 0.717) is 109 Å². The van der Waals surface area contributed by atoms with Crippen LogP contribution in [0, 0.1) is 55.4 Å². The molecule has 0 aliphatic rings. The number of fused-ring (bicyclic) bond motifs is 6. The van der Waals surface area contributed by atoms with Crippen molar-refractivity contribution in [3.63, 3.8) is 0 Å². The fraction of sp³-hybridized carbons (Fsp3) is 0.161. The molecular formula is C56H42F3N15. The molecule has 0 N–H and O–H groups in total. The van der Waals surface area contributed by atoms with Gasteiger partial charge in [0.1, 0.15) is 46.6 Å². The Morgan fingerprint density at radius 1 is 0.351 bits per heavy atom. The van der Waals surface area contributed by atoms with Crippen molar-refractivity contribution in [2.75, 3.05) is 0 Å². The minimum atomic E-state index is -4.81.